The third-order valence-corrected chi connectivity index (χ3v) is 1.54. The third-order valence-electron chi connectivity index (χ3n) is 1.31. The Kier molecular flexibility index (Phi) is 11.1. The van der Waals surface area contributed by atoms with Crippen LogP contribution in [0.5, 0.6) is 0 Å². The van der Waals surface area contributed by atoms with Crippen molar-refractivity contribution in [2.75, 3.05) is 0 Å². The maximum atomic E-state index is 8.52. The topological polar surface area (TPSA) is 23.8 Å². The smallest absolute Gasteiger partial charge is 0.0994 e. The van der Waals surface area contributed by atoms with Gasteiger partial charge in [0, 0.05) is 5.02 Å². The molecule has 0 saturated carbocycles. The summed E-state index contributed by atoms with van der Waals surface area (Å²) in [6.07, 6.45) is 0. The van der Waals surface area contributed by atoms with E-state index < -0.39 is 0 Å². The lowest BCUT2D eigenvalue weighted by atomic mass is 10.1. The fourth-order valence-electron chi connectivity index (χ4n) is 0.753. The number of nitrogens with zero attached hydrogens (tertiary/aromatic N) is 1. The average molecular weight is 212 g/mol. The van der Waals surface area contributed by atoms with Crippen LogP contribution in [0.2, 0.25) is 5.02 Å². The van der Waals surface area contributed by atoms with Gasteiger partial charge in [-0.1, -0.05) is 39.3 Å². The number of hydrogen-bond acceptors (Lipinski definition) is 1. The molecule has 14 heavy (non-hydrogen) atoms. The van der Waals surface area contributed by atoms with Crippen LogP contribution in [0.15, 0.2) is 18.2 Å². The van der Waals surface area contributed by atoms with Crippen LogP contribution < -0.4 is 0 Å². The minimum atomic E-state index is 0.677. The van der Waals surface area contributed by atoms with Gasteiger partial charge >= 0.3 is 0 Å². The highest BCUT2D eigenvalue weighted by Crippen LogP contribution is 2.13. The summed E-state index contributed by atoms with van der Waals surface area (Å²) in [7, 11) is 0. The molecule has 1 aromatic carbocycles. The molecule has 0 spiro atoms. The fraction of sp³-hybridized carbons (Fsp3) is 0.417. The lowest BCUT2D eigenvalue weighted by Gasteiger charge is -1.94. The molecule has 1 nitrogen and oxygen atoms in total. The highest BCUT2D eigenvalue weighted by atomic mass is 35.5. The summed E-state index contributed by atoms with van der Waals surface area (Å²) in [6, 6.07) is 7.28. The Bertz CT molecular complexity index is 287. The van der Waals surface area contributed by atoms with E-state index in [1.807, 2.05) is 34.6 Å². The van der Waals surface area contributed by atoms with Gasteiger partial charge in [-0.05, 0) is 30.7 Å². The van der Waals surface area contributed by atoms with Crippen molar-refractivity contribution >= 4 is 11.6 Å². The summed E-state index contributed by atoms with van der Waals surface area (Å²) in [5, 5.41) is 9.19. The lowest BCUT2D eigenvalue weighted by Crippen LogP contribution is -1.79. The Balaban J connectivity index is 0. The molecular weight excluding hydrogens is 194 g/mol. The first-order valence-corrected chi connectivity index (χ1v) is 5.28. The van der Waals surface area contributed by atoms with E-state index in [4.69, 9.17) is 16.9 Å². The molecule has 0 aliphatic carbocycles. The minimum absolute atomic E-state index is 0.677. The molecule has 0 fully saturated rings. The zero-order valence-corrected chi connectivity index (χ0v) is 10.3. The molecule has 0 radical (unpaired) electrons. The van der Waals surface area contributed by atoms with E-state index in [1.165, 1.54) is 0 Å². The normalized spacial score (nSPS) is 7.21. The van der Waals surface area contributed by atoms with Gasteiger partial charge in [-0.2, -0.15) is 5.26 Å². The highest BCUT2D eigenvalue weighted by molar-refractivity contribution is 6.30. The SMILES string of the molecule is CC.CC.Cc1cc(Cl)ccc1C#N. The summed E-state index contributed by atoms with van der Waals surface area (Å²) in [4.78, 5) is 0. The number of benzene rings is 1. The number of hydrogen-bond donors (Lipinski definition) is 0. The van der Waals surface area contributed by atoms with E-state index in [9.17, 15) is 0 Å². The molecule has 0 aliphatic rings. The molecule has 0 unspecified atom stereocenters. The molecule has 0 saturated heterocycles. The number of nitriles is 1. The van der Waals surface area contributed by atoms with Crippen LogP contribution in [0.1, 0.15) is 38.8 Å². The quantitative estimate of drug-likeness (QED) is 0.617. The van der Waals surface area contributed by atoms with Crippen LogP contribution in [0.25, 0.3) is 0 Å². The van der Waals surface area contributed by atoms with Crippen molar-refractivity contribution in [1.29, 1.82) is 5.26 Å². The molecule has 0 bridgehead atoms. The second-order valence-electron chi connectivity index (χ2n) is 2.07. The second-order valence-corrected chi connectivity index (χ2v) is 2.51. The summed E-state index contributed by atoms with van der Waals surface area (Å²) < 4.78 is 0. The van der Waals surface area contributed by atoms with Gasteiger partial charge in [-0.25, -0.2) is 0 Å². The van der Waals surface area contributed by atoms with E-state index in [0.717, 1.165) is 5.56 Å². The lowest BCUT2D eigenvalue weighted by molar-refractivity contribution is 1.39. The summed E-state index contributed by atoms with van der Waals surface area (Å²) in [6.45, 7) is 9.87. The largest absolute Gasteiger partial charge is 0.192 e. The van der Waals surface area contributed by atoms with Gasteiger partial charge in [-0.3, -0.25) is 0 Å². The Morgan fingerprint density at radius 3 is 2.00 bits per heavy atom. The molecule has 2 heteroatoms. The molecule has 1 aromatic rings. The van der Waals surface area contributed by atoms with Gasteiger partial charge in [0.1, 0.15) is 0 Å². The zero-order chi connectivity index (χ0) is 11.6. The molecule has 0 amide bonds. The first-order valence-electron chi connectivity index (χ1n) is 4.90. The van der Waals surface area contributed by atoms with E-state index in [1.54, 1.807) is 18.2 Å². The molecule has 0 aromatic heterocycles. The van der Waals surface area contributed by atoms with E-state index in [-0.39, 0.29) is 0 Å². The first-order chi connectivity index (χ1) is 6.74. The van der Waals surface area contributed by atoms with Crippen LogP contribution >= 0.6 is 11.6 Å². The van der Waals surface area contributed by atoms with Gasteiger partial charge in [-0.15, -0.1) is 0 Å². The van der Waals surface area contributed by atoms with Crippen molar-refractivity contribution in [3.05, 3.63) is 34.3 Å². The van der Waals surface area contributed by atoms with Crippen molar-refractivity contribution in [2.24, 2.45) is 0 Å². The number of rotatable bonds is 0. The monoisotopic (exact) mass is 211 g/mol. The van der Waals surface area contributed by atoms with Crippen LogP contribution in [-0.2, 0) is 0 Å². The van der Waals surface area contributed by atoms with Gasteiger partial charge in [0.15, 0.2) is 0 Å². The van der Waals surface area contributed by atoms with Gasteiger partial charge < -0.3 is 0 Å². The zero-order valence-electron chi connectivity index (χ0n) is 9.56. The number of aryl methyl sites for hydroxylation is 1. The Morgan fingerprint density at radius 1 is 1.14 bits per heavy atom. The standard InChI is InChI=1S/C8H6ClN.2C2H6/c1-6-4-8(9)3-2-7(6)5-10;2*1-2/h2-4H,1H3;2*1-2H3. The molecule has 0 N–H and O–H groups in total. The van der Waals surface area contributed by atoms with Gasteiger partial charge in [0.05, 0.1) is 11.6 Å². The average Bonchev–Trinajstić information content (AvgIpc) is 2.24. The van der Waals surface area contributed by atoms with E-state index in [2.05, 4.69) is 6.07 Å². The predicted molar refractivity (Wildman–Crippen MR) is 63.6 cm³/mol. The van der Waals surface area contributed by atoms with Gasteiger partial charge in [0.25, 0.3) is 0 Å². The predicted octanol–water partition coefficient (Wildman–Crippen LogP) is 4.57. The van der Waals surface area contributed by atoms with Crippen LogP contribution in [0, 0.1) is 18.3 Å². The van der Waals surface area contributed by atoms with Crippen LogP contribution in [-0.4, -0.2) is 0 Å². The Hall–Kier alpha value is -1.00. The van der Waals surface area contributed by atoms with Crippen LogP contribution in [0.3, 0.4) is 0 Å². The van der Waals surface area contributed by atoms with Crippen molar-refractivity contribution in [3.8, 4) is 6.07 Å². The second kappa shape index (κ2) is 10.1. The van der Waals surface area contributed by atoms with Crippen molar-refractivity contribution in [1.82, 2.24) is 0 Å². The first kappa shape index (κ1) is 15.5. The highest BCUT2D eigenvalue weighted by Gasteiger charge is 1.95. The maximum absolute atomic E-state index is 8.52. The van der Waals surface area contributed by atoms with Gasteiger partial charge in [0.2, 0.25) is 0 Å². The molecular formula is C12H18ClN. The van der Waals surface area contributed by atoms with Crippen molar-refractivity contribution < 1.29 is 0 Å². The fourth-order valence-corrected chi connectivity index (χ4v) is 0.979. The summed E-state index contributed by atoms with van der Waals surface area (Å²) >= 11 is 5.66. The molecule has 0 aliphatic heterocycles. The summed E-state index contributed by atoms with van der Waals surface area (Å²) in [5.74, 6) is 0. The third kappa shape index (κ3) is 5.61. The Morgan fingerprint density at radius 2 is 1.64 bits per heavy atom. The minimum Gasteiger partial charge on any atom is -0.192 e. The van der Waals surface area contributed by atoms with Crippen molar-refractivity contribution in [2.45, 2.75) is 34.6 Å². The van der Waals surface area contributed by atoms with E-state index >= 15 is 0 Å². The summed E-state index contributed by atoms with van der Waals surface area (Å²) in [5.41, 5.74) is 1.61. The maximum Gasteiger partial charge on any atom is 0.0994 e. The molecule has 0 atom stereocenters. The van der Waals surface area contributed by atoms with Crippen LogP contribution in [0.4, 0.5) is 0 Å². The van der Waals surface area contributed by atoms with Crippen molar-refractivity contribution in [3.63, 3.8) is 0 Å². The molecule has 0 heterocycles. The number of halogens is 1. The Labute approximate surface area is 92.3 Å². The molecule has 1 rings (SSSR count). The molecule has 78 valence electrons. The van der Waals surface area contributed by atoms with E-state index in [0.29, 0.717) is 10.6 Å².